The Morgan fingerprint density at radius 3 is 2.95 bits per heavy atom. The summed E-state index contributed by atoms with van der Waals surface area (Å²) in [7, 11) is 2.14. The number of fused-ring (bicyclic) bond motifs is 1. The molecule has 0 spiro atoms. The van der Waals surface area contributed by atoms with Crippen molar-refractivity contribution in [3.63, 3.8) is 0 Å². The van der Waals surface area contributed by atoms with E-state index in [1.54, 1.807) is 12.1 Å². The van der Waals surface area contributed by atoms with Gasteiger partial charge in [0.1, 0.15) is 11.6 Å². The van der Waals surface area contributed by atoms with Crippen LogP contribution in [0.4, 0.5) is 4.39 Å². The quantitative estimate of drug-likeness (QED) is 0.807. The maximum absolute atomic E-state index is 13.5. The number of imidazole rings is 1. The van der Waals surface area contributed by atoms with E-state index in [0.29, 0.717) is 6.04 Å². The van der Waals surface area contributed by atoms with Crippen LogP contribution in [0.15, 0.2) is 18.2 Å². The maximum atomic E-state index is 13.5. The van der Waals surface area contributed by atoms with Crippen molar-refractivity contribution in [1.29, 1.82) is 0 Å². The summed E-state index contributed by atoms with van der Waals surface area (Å²) in [5.74, 6) is 0.597. The summed E-state index contributed by atoms with van der Waals surface area (Å²) in [4.78, 5) is 6.92. The monoisotopic (exact) mass is 295 g/mol. The highest BCUT2D eigenvalue weighted by molar-refractivity contribution is 6.20. The molecule has 3 rings (SSSR count). The van der Waals surface area contributed by atoms with E-state index in [1.165, 1.54) is 18.9 Å². The lowest BCUT2D eigenvalue weighted by molar-refractivity contribution is 0.282. The van der Waals surface area contributed by atoms with Gasteiger partial charge < -0.3 is 9.47 Å². The zero-order chi connectivity index (χ0) is 14.3. The van der Waals surface area contributed by atoms with E-state index in [0.717, 1.165) is 29.9 Å². The highest BCUT2D eigenvalue weighted by Gasteiger charge is 2.24. The molecule has 20 heavy (non-hydrogen) atoms. The minimum Gasteiger partial charge on any atom is -0.325 e. The maximum Gasteiger partial charge on any atom is 0.127 e. The van der Waals surface area contributed by atoms with Crippen LogP contribution in [-0.2, 0) is 6.54 Å². The average molecular weight is 296 g/mol. The number of nitrogens with zero attached hydrogens (tertiary/aromatic N) is 3. The highest BCUT2D eigenvalue weighted by Crippen LogP contribution is 2.27. The van der Waals surface area contributed by atoms with Crippen LogP contribution in [0.1, 0.15) is 31.0 Å². The molecule has 2 heterocycles. The Morgan fingerprint density at radius 2 is 2.30 bits per heavy atom. The van der Waals surface area contributed by atoms with E-state index in [1.807, 2.05) is 6.92 Å². The van der Waals surface area contributed by atoms with E-state index in [2.05, 4.69) is 21.5 Å². The summed E-state index contributed by atoms with van der Waals surface area (Å²) in [5.41, 5.74) is 1.65. The van der Waals surface area contributed by atoms with Gasteiger partial charge in [0.15, 0.2) is 0 Å². The summed E-state index contributed by atoms with van der Waals surface area (Å²) in [5, 5.41) is -0.183. The van der Waals surface area contributed by atoms with Gasteiger partial charge in [-0.25, -0.2) is 9.37 Å². The molecule has 0 amide bonds. The van der Waals surface area contributed by atoms with Crippen LogP contribution in [0.2, 0.25) is 0 Å². The minimum absolute atomic E-state index is 0.183. The molecule has 0 N–H and O–H groups in total. The number of likely N-dealkylation sites (tertiary alicyclic amines) is 1. The summed E-state index contributed by atoms with van der Waals surface area (Å²) in [6.07, 6.45) is 2.38. The molecular formula is C15H19ClFN3. The fourth-order valence-corrected chi connectivity index (χ4v) is 3.20. The predicted octanol–water partition coefficient (Wildman–Crippen LogP) is 3.57. The third-order valence-corrected chi connectivity index (χ3v) is 4.36. The molecule has 0 saturated carbocycles. The Labute approximate surface area is 123 Å². The molecule has 2 aromatic rings. The SMILES string of the molecule is CC(Cl)c1nc2ccc(F)cc2n1CC1CCCN1C. The van der Waals surface area contributed by atoms with Gasteiger partial charge in [0.05, 0.1) is 16.4 Å². The van der Waals surface area contributed by atoms with Gasteiger partial charge in [-0.3, -0.25) is 0 Å². The predicted molar refractivity (Wildman–Crippen MR) is 79.6 cm³/mol. The molecule has 3 nitrogen and oxygen atoms in total. The van der Waals surface area contributed by atoms with E-state index >= 15 is 0 Å². The lowest BCUT2D eigenvalue weighted by Crippen LogP contribution is -2.30. The topological polar surface area (TPSA) is 21.1 Å². The molecule has 1 aromatic carbocycles. The van der Waals surface area contributed by atoms with Crippen LogP contribution in [0.5, 0.6) is 0 Å². The molecule has 0 bridgehead atoms. The second-order valence-corrected chi connectivity index (χ2v) is 6.26. The summed E-state index contributed by atoms with van der Waals surface area (Å²) in [6, 6.07) is 5.21. The molecule has 1 aliphatic rings. The Kier molecular flexibility index (Phi) is 3.69. The number of likely N-dealkylation sites (N-methyl/N-ethyl adjacent to an activating group) is 1. The normalized spacial score (nSPS) is 21.7. The number of alkyl halides is 1. The highest BCUT2D eigenvalue weighted by atomic mass is 35.5. The number of halogens is 2. The van der Waals surface area contributed by atoms with Gasteiger partial charge in [0.2, 0.25) is 0 Å². The van der Waals surface area contributed by atoms with Crippen LogP contribution in [0.25, 0.3) is 11.0 Å². The van der Waals surface area contributed by atoms with Crippen LogP contribution < -0.4 is 0 Å². The Hall–Kier alpha value is -1.13. The van der Waals surface area contributed by atoms with Crippen molar-refractivity contribution in [1.82, 2.24) is 14.5 Å². The molecule has 2 unspecified atom stereocenters. The molecule has 1 saturated heterocycles. The summed E-state index contributed by atoms with van der Waals surface area (Å²) >= 11 is 6.25. The zero-order valence-electron chi connectivity index (χ0n) is 11.8. The Morgan fingerprint density at radius 1 is 1.50 bits per heavy atom. The first kappa shape index (κ1) is 13.8. The van der Waals surface area contributed by atoms with Crippen LogP contribution >= 0.6 is 11.6 Å². The first-order chi connectivity index (χ1) is 9.56. The number of benzene rings is 1. The van der Waals surface area contributed by atoms with Gasteiger partial charge >= 0.3 is 0 Å². The van der Waals surface area contributed by atoms with Crippen molar-refractivity contribution >= 4 is 22.6 Å². The largest absolute Gasteiger partial charge is 0.325 e. The fraction of sp³-hybridized carbons (Fsp3) is 0.533. The van der Waals surface area contributed by atoms with Crippen molar-refractivity contribution in [2.24, 2.45) is 0 Å². The molecule has 108 valence electrons. The van der Waals surface area contributed by atoms with Crippen LogP contribution in [-0.4, -0.2) is 34.1 Å². The van der Waals surface area contributed by atoms with Gasteiger partial charge in [-0.2, -0.15) is 0 Å². The van der Waals surface area contributed by atoms with Crippen LogP contribution in [0, 0.1) is 5.82 Å². The van der Waals surface area contributed by atoms with Crippen molar-refractivity contribution in [2.75, 3.05) is 13.6 Å². The van der Waals surface area contributed by atoms with Crippen molar-refractivity contribution in [2.45, 2.75) is 37.7 Å². The van der Waals surface area contributed by atoms with Crippen molar-refractivity contribution in [3.05, 3.63) is 29.8 Å². The number of rotatable bonds is 3. The lowest BCUT2D eigenvalue weighted by Gasteiger charge is -2.22. The molecule has 0 aliphatic carbocycles. The van der Waals surface area contributed by atoms with Crippen molar-refractivity contribution in [3.8, 4) is 0 Å². The molecule has 1 fully saturated rings. The molecule has 5 heteroatoms. The summed E-state index contributed by atoms with van der Waals surface area (Å²) < 4.78 is 15.6. The Bertz CT molecular complexity index is 623. The lowest BCUT2D eigenvalue weighted by atomic mass is 10.2. The van der Waals surface area contributed by atoms with Gasteiger partial charge in [-0.1, -0.05) is 0 Å². The van der Waals surface area contributed by atoms with E-state index in [-0.39, 0.29) is 11.2 Å². The molecule has 1 aliphatic heterocycles. The van der Waals surface area contributed by atoms with Gasteiger partial charge in [-0.05, 0) is 51.6 Å². The average Bonchev–Trinajstić information content (AvgIpc) is 2.95. The van der Waals surface area contributed by atoms with E-state index in [4.69, 9.17) is 11.6 Å². The third kappa shape index (κ3) is 2.42. The van der Waals surface area contributed by atoms with Crippen molar-refractivity contribution < 1.29 is 4.39 Å². The number of aromatic nitrogens is 2. The third-order valence-electron chi connectivity index (χ3n) is 4.16. The first-order valence-electron chi connectivity index (χ1n) is 7.06. The zero-order valence-corrected chi connectivity index (χ0v) is 12.6. The van der Waals surface area contributed by atoms with Crippen LogP contribution in [0.3, 0.4) is 0 Å². The second kappa shape index (κ2) is 5.34. The Balaban J connectivity index is 2.05. The van der Waals surface area contributed by atoms with Gasteiger partial charge in [0, 0.05) is 12.6 Å². The molecular weight excluding hydrogens is 277 g/mol. The minimum atomic E-state index is -0.229. The molecule has 0 radical (unpaired) electrons. The molecule has 1 aromatic heterocycles. The first-order valence-corrected chi connectivity index (χ1v) is 7.50. The van der Waals surface area contributed by atoms with Gasteiger partial charge in [-0.15, -0.1) is 11.6 Å². The summed E-state index contributed by atoms with van der Waals surface area (Å²) in [6.45, 7) is 3.86. The fourth-order valence-electron chi connectivity index (χ4n) is 3.03. The van der Waals surface area contributed by atoms with E-state index in [9.17, 15) is 4.39 Å². The smallest absolute Gasteiger partial charge is 0.127 e. The number of hydrogen-bond donors (Lipinski definition) is 0. The van der Waals surface area contributed by atoms with Gasteiger partial charge in [0.25, 0.3) is 0 Å². The second-order valence-electron chi connectivity index (χ2n) is 5.61. The van der Waals surface area contributed by atoms with E-state index < -0.39 is 0 Å². The number of hydrogen-bond acceptors (Lipinski definition) is 2. The standard InChI is InChI=1S/C15H19ClFN3/c1-10(16)15-18-13-6-5-11(17)8-14(13)20(15)9-12-4-3-7-19(12)2/h5-6,8,10,12H,3-4,7,9H2,1-2H3. The molecule has 2 atom stereocenters.